The summed E-state index contributed by atoms with van der Waals surface area (Å²) < 4.78 is 156. The summed E-state index contributed by atoms with van der Waals surface area (Å²) in [5, 5.41) is 19.4. The van der Waals surface area contributed by atoms with Crippen LogP contribution in [0, 0.1) is 11.8 Å². The number of allylic oxidation sites excluding steroid dienone is 6. The maximum absolute atomic E-state index is 13.3. The quantitative estimate of drug-likeness (QED) is 0.00328. The molecule has 0 saturated carbocycles. The Kier molecular flexibility index (Phi) is 38.3. The molecule has 46 heteroatoms. The van der Waals surface area contributed by atoms with Crippen LogP contribution in [-0.2, 0) is 107 Å². The molecule has 120 heavy (non-hydrogen) atoms. The summed E-state index contributed by atoms with van der Waals surface area (Å²) in [7, 11) is -27.6. The summed E-state index contributed by atoms with van der Waals surface area (Å²) in [5.74, 6) is 5.64. The van der Waals surface area contributed by atoms with Crippen LogP contribution in [-0.4, -0.2) is 211 Å². The highest BCUT2D eigenvalue weighted by Gasteiger charge is 2.47. The number of nitrogens with two attached hydrogens (primary N) is 1. The van der Waals surface area contributed by atoms with E-state index in [1.807, 2.05) is 65.0 Å². The molecule has 0 radical (unpaired) electrons. The number of anilines is 2. The zero-order valence-corrected chi connectivity index (χ0v) is 73.9. The molecule has 3 aliphatic rings. The van der Waals surface area contributed by atoms with Crippen molar-refractivity contribution in [3.8, 4) is 11.8 Å². The lowest BCUT2D eigenvalue weighted by Crippen LogP contribution is -2.48. The molecule has 5 heterocycles. The molecule has 2 aromatic heterocycles. The number of ketones is 1. The summed E-state index contributed by atoms with van der Waals surface area (Å²) in [5.41, 5.74) is 11.3. The maximum atomic E-state index is 13.3. The Hall–Kier alpha value is -6.75. The van der Waals surface area contributed by atoms with Gasteiger partial charge in [-0.1, -0.05) is 84.6 Å². The van der Waals surface area contributed by atoms with Crippen LogP contribution in [0.4, 0.5) is 17.2 Å². The van der Waals surface area contributed by atoms with Gasteiger partial charge in [0.2, 0.25) is 17.5 Å². The van der Waals surface area contributed by atoms with Crippen LogP contribution in [0.3, 0.4) is 0 Å². The van der Waals surface area contributed by atoms with Gasteiger partial charge >= 0.3 is 31.3 Å². The van der Waals surface area contributed by atoms with Crippen molar-refractivity contribution in [1.29, 1.82) is 0 Å². The van der Waals surface area contributed by atoms with Crippen LogP contribution in [0.2, 0.25) is 0 Å². The molecule has 0 bridgehead atoms. The number of phosphoric ester groups is 2. The number of aliphatic hydroxyl groups is 1. The number of hydrogen-bond donors (Lipinski definition) is 13. The number of aromatic nitrogens is 3. The van der Waals surface area contributed by atoms with Crippen LogP contribution >= 0.6 is 52.9 Å². The number of phosphoric acid groups is 4. The number of carbonyl (C=O) groups excluding carboxylic acids is 4. The van der Waals surface area contributed by atoms with Crippen LogP contribution in [0.25, 0.3) is 11.0 Å². The van der Waals surface area contributed by atoms with Gasteiger partial charge in [0.05, 0.1) is 71.9 Å². The van der Waals surface area contributed by atoms with Crippen molar-refractivity contribution in [3.05, 3.63) is 137 Å². The number of nitrogen functional groups attached to an aromatic ring is 1. The van der Waals surface area contributed by atoms with Gasteiger partial charge in [-0.2, -0.15) is 30.0 Å². The van der Waals surface area contributed by atoms with Gasteiger partial charge in [-0.15, -0.1) is 0 Å². The summed E-state index contributed by atoms with van der Waals surface area (Å²) in [6, 6.07) is 14.6. The molecule has 3 aromatic carbocycles. The fourth-order valence-electron chi connectivity index (χ4n) is 12.9. The molecule has 3 amide bonds. The normalized spacial score (nSPS) is 18.1. The highest BCUT2D eigenvalue weighted by atomic mass is 33.1. The van der Waals surface area contributed by atoms with Gasteiger partial charge in [-0.25, -0.2) is 28.2 Å². The fraction of sp³-hybridized carbons (Fsp3) is 0.500. The monoisotopic (exact) mass is 1830 g/mol. The molecular formula is C74H104N9O29P4S4+. The molecule has 38 nitrogen and oxygen atoms in total. The number of rotatable bonds is 47. The van der Waals surface area contributed by atoms with E-state index < -0.39 is 93.4 Å². The first kappa shape index (κ1) is 100. The second-order valence-corrected chi connectivity index (χ2v) is 39.4. The number of ether oxygens (including phenoxy) is 4. The predicted molar refractivity (Wildman–Crippen MR) is 447 cm³/mol. The highest BCUT2D eigenvalue weighted by Crippen LogP contribution is 2.66. The van der Waals surface area contributed by atoms with Gasteiger partial charge in [0.15, 0.2) is 5.71 Å². The van der Waals surface area contributed by atoms with Gasteiger partial charge in [-0.3, -0.25) is 37.3 Å². The second-order valence-electron chi connectivity index (χ2n) is 28.3. The number of nitrogens with one attached hydrogen (secondary N) is 3. The third-order valence-electron chi connectivity index (χ3n) is 18.6. The second kappa shape index (κ2) is 45.8. The van der Waals surface area contributed by atoms with Crippen molar-refractivity contribution in [1.82, 2.24) is 30.5 Å². The van der Waals surface area contributed by atoms with Crippen LogP contribution in [0.1, 0.15) is 152 Å². The van der Waals surface area contributed by atoms with Gasteiger partial charge < -0.3 is 84.6 Å². The number of fused-ring (bicyclic) bond motifs is 3. The molecule has 1 saturated heterocycles. The Morgan fingerprint density at radius 3 is 2.07 bits per heavy atom. The van der Waals surface area contributed by atoms with Crippen molar-refractivity contribution >= 4 is 131 Å². The van der Waals surface area contributed by atoms with Crippen molar-refractivity contribution in [3.63, 3.8) is 0 Å². The minimum absolute atomic E-state index is 0.0543. The highest BCUT2D eigenvalue weighted by molar-refractivity contribution is 8.76. The summed E-state index contributed by atoms with van der Waals surface area (Å²) in [4.78, 5) is 115. The number of amides is 3. The van der Waals surface area contributed by atoms with Gasteiger partial charge in [0.1, 0.15) is 48.5 Å². The number of Topliss-reactive ketones (excluding diaryl/α,β-unsaturated/α-hetero) is 1. The van der Waals surface area contributed by atoms with Gasteiger partial charge in [-0.05, 0) is 113 Å². The third kappa shape index (κ3) is 30.9. The largest absolute Gasteiger partial charge is 0.490 e. The van der Waals surface area contributed by atoms with E-state index in [0.717, 1.165) is 41.4 Å². The van der Waals surface area contributed by atoms with E-state index in [4.69, 9.17) is 44.3 Å². The molecular weight excluding hydrogens is 1730 g/mol. The van der Waals surface area contributed by atoms with E-state index >= 15 is 0 Å². The van der Waals surface area contributed by atoms with E-state index in [1.165, 1.54) is 62.9 Å². The lowest BCUT2D eigenvalue weighted by molar-refractivity contribution is -0.438. The smallest absolute Gasteiger partial charge is 0.390 e. The zero-order chi connectivity index (χ0) is 88.4. The van der Waals surface area contributed by atoms with Crippen molar-refractivity contribution in [2.75, 3.05) is 94.6 Å². The average Bonchev–Trinajstić information content (AvgIpc) is 1.59. The maximum Gasteiger partial charge on any atom is 0.490 e. The van der Waals surface area contributed by atoms with Crippen LogP contribution in [0.15, 0.2) is 119 Å². The van der Waals surface area contributed by atoms with Crippen LogP contribution < -0.4 is 26.6 Å². The fourth-order valence-corrected chi connectivity index (χ4v) is 19.4. The van der Waals surface area contributed by atoms with Gasteiger partial charge in [0.25, 0.3) is 26.1 Å². The molecule has 5 aromatic rings. The Labute approximate surface area is 703 Å². The van der Waals surface area contributed by atoms with Crippen LogP contribution in [0.5, 0.6) is 0 Å². The Morgan fingerprint density at radius 2 is 1.42 bits per heavy atom. The first-order valence-electron chi connectivity index (χ1n) is 38.0. The van der Waals surface area contributed by atoms with Crippen molar-refractivity contribution < 1.29 is 139 Å². The lowest BCUT2D eigenvalue weighted by atomic mass is 9.81. The first-order chi connectivity index (χ1) is 56.4. The summed E-state index contributed by atoms with van der Waals surface area (Å²) in [6.45, 7) is 18.0. The molecule has 0 spiro atoms. The molecule has 8 rings (SSSR count). The number of nitrogens with zero attached hydrogens (tertiary/aromatic N) is 5. The number of hydrogen-bond acceptors (Lipinski definition) is 27. The Bertz CT molecular complexity index is 5050. The molecule has 14 N–H and O–H groups in total. The third-order valence-corrected chi connectivity index (χ3v) is 27.0. The number of benzene rings is 3. The zero-order valence-electron chi connectivity index (χ0n) is 67.0. The Balaban J connectivity index is 0.000000599. The van der Waals surface area contributed by atoms with E-state index in [2.05, 4.69) is 71.8 Å². The Morgan fingerprint density at radius 1 is 0.750 bits per heavy atom. The van der Waals surface area contributed by atoms with Crippen molar-refractivity contribution in [2.24, 2.45) is 0 Å². The van der Waals surface area contributed by atoms with E-state index in [-0.39, 0.29) is 89.2 Å². The number of carbonyl (C=O) groups is 4. The van der Waals surface area contributed by atoms with E-state index in [0.29, 0.717) is 118 Å². The number of likely N-dealkylation sites (N-methyl/N-ethyl adjacent to an activating group) is 2. The molecule has 0 aliphatic carbocycles. The molecule has 4 unspecified atom stereocenters. The molecule has 6 atom stereocenters. The van der Waals surface area contributed by atoms with E-state index in [1.54, 1.807) is 43.3 Å². The molecule has 1 fully saturated rings. The van der Waals surface area contributed by atoms with E-state index in [9.17, 15) is 78.3 Å². The predicted octanol–water partition coefficient (Wildman–Crippen LogP) is 8.92. The number of unbranched alkanes of at least 4 members (excludes halogenated alkanes) is 2. The standard InChI is InChI=1S/C56H73N8O21P3S4.C18H30NO8P/c1-7-58-54(68)42(34-90-89-28-26-37(65)18-15-14-17-36-32-64(53-51(36)52(57)59-35-60-53)50-31-45(66)46(83-50)33-82-87(72,73)85-88(74,75)84-86(69,70)71)61-49(67)21-13-10-16-27-63-44-25-23-39(92(79,80)81)30-41(44)56(5,6)48(63)20-12-9-11-19-47-55(3,4)40-29-38(91(76,77)78)22-24-43(40)62(47)8-2;1-2-9-24-11-13-26-14-12-25-10-3-8-19-18(20)17-6-4-16(5-7-17)15-27-28(21,22)23/h9,11-12,19-20,22-25,29-30,32,35,42,45-46,50,66H,7-8,10,13,15-16,18,21,26-28,31,33-34H2,1-6H3,(H9-,57,58,59,60,61,67,68,69,70,71,72,73,74,75,76,77,78,79,80,81);4-7H,2-3,8-15H2,1H3,(H,19,20)(H2,21,22,23)/p+1/t42?,45?,46-,50-;/m1./s1. The molecule has 662 valence electrons. The van der Waals surface area contributed by atoms with Crippen molar-refractivity contribution in [2.45, 2.75) is 164 Å². The topological polar surface area (TPSA) is 560 Å². The van der Waals surface area contributed by atoms with Gasteiger partial charge in [0, 0.05) is 129 Å². The average molecular weight is 1840 g/mol. The summed E-state index contributed by atoms with van der Waals surface area (Å²) >= 11 is 0. The SMILES string of the molecule is CCCOCCOCCOCCCNC(=O)c1ccc(COP(=O)(O)O)cc1.CCNC(=O)C(CSSCCC(=O)CCC#Cc1cn([C@H]2CC(O)[C@@H](COP(=O)(O)OP(=O)(O)OP(=O)(O)O)O2)c2ncnc(N)c12)NC(=O)CCCCC[N+]1=C(C=CC=CC=C2N(CC)c3ccc(S(=O)(=O)O)cc3C2(C)C)C(C)(C)c2cc(S(=O)(=O)O)ccc21. The first-order valence-corrected chi connectivity index (χ1v) is 49.4. The minimum Gasteiger partial charge on any atom is -0.390 e. The molecule has 3 aliphatic heterocycles. The minimum atomic E-state index is -5.78. The summed E-state index contributed by atoms with van der Waals surface area (Å²) in [6.07, 6.45) is 12.5. The lowest BCUT2D eigenvalue weighted by Gasteiger charge is -2.25. The number of aliphatic hydroxyl groups excluding tert-OH is 1.